The van der Waals surface area contributed by atoms with Gasteiger partial charge in [-0.25, -0.2) is 4.98 Å². The molecule has 0 radical (unpaired) electrons. The number of hydrogen-bond acceptors (Lipinski definition) is 5. The van der Waals surface area contributed by atoms with Crippen molar-refractivity contribution in [2.75, 3.05) is 23.8 Å². The number of aromatic nitrogens is 3. The number of aryl methyl sites for hydroxylation is 1. The molecule has 3 rings (SSSR count). The van der Waals surface area contributed by atoms with E-state index in [9.17, 15) is 0 Å². The van der Waals surface area contributed by atoms with Gasteiger partial charge in [0, 0.05) is 47.9 Å². The lowest BCUT2D eigenvalue weighted by atomic mass is 10.2. The molecule has 0 aliphatic carbocycles. The topological polar surface area (TPSA) is 53.9 Å². The van der Waals surface area contributed by atoms with Crippen LogP contribution in [0.3, 0.4) is 0 Å². The largest absolute Gasteiger partial charge is 0.359 e. The van der Waals surface area contributed by atoms with Gasteiger partial charge in [0.1, 0.15) is 5.82 Å². The van der Waals surface area contributed by atoms with Crippen LogP contribution in [0.25, 0.3) is 0 Å². The van der Waals surface area contributed by atoms with Crippen LogP contribution in [-0.2, 0) is 6.42 Å². The van der Waals surface area contributed by atoms with E-state index in [0.717, 1.165) is 34.6 Å². The number of anilines is 3. The molecule has 5 nitrogen and oxygen atoms in total. The number of pyridine rings is 1. The second-order valence-electron chi connectivity index (χ2n) is 5.85. The molecule has 128 valence electrons. The van der Waals surface area contributed by atoms with Crippen LogP contribution in [0.1, 0.15) is 11.3 Å². The molecule has 0 aliphatic rings. The minimum atomic E-state index is 0.605. The monoisotopic (exact) mass is 397 g/mol. The maximum atomic E-state index is 4.64. The maximum Gasteiger partial charge on any atom is 0.229 e. The Labute approximate surface area is 156 Å². The average molecular weight is 398 g/mol. The van der Waals surface area contributed by atoms with Gasteiger partial charge in [-0.2, -0.15) is 4.98 Å². The Morgan fingerprint density at radius 3 is 2.48 bits per heavy atom. The molecule has 0 amide bonds. The molecule has 0 unspecified atom stereocenters. The molecule has 0 bridgehead atoms. The Bertz CT molecular complexity index is 821. The van der Waals surface area contributed by atoms with E-state index in [1.807, 2.05) is 68.8 Å². The highest BCUT2D eigenvalue weighted by molar-refractivity contribution is 9.10. The second-order valence-corrected chi connectivity index (χ2v) is 6.77. The number of likely N-dealkylation sites (N-methyl/N-ethyl adjacent to an activating group) is 1. The molecule has 0 spiro atoms. The van der Waals surface area contributed by atoms with Crippen LogP contribution in [0.4, 0.5) is 17.5 Å². The summed E-state index contributed by atoms with van der Waals surface area (Å²) in [7, 11) is 2.05. The molecule has 0 aliphatic heterocycles. The van der Waals surface area contributed by atoms with Crippen molar-refractivity contribution in [3.63, 3.8) is 0 Å². The number of nitrogens with one attached hydrogen (secondary N) is 1. The lowest BCUT2D eigenvalue weighted by Crippen LogP contribution is -2.22. The van der Waals surface area contributed by atoms with Gasteiger partial charge in [-0.3, -0.25) is 4.98 Å². The normalized spacial score (nSPS) is 10.5. The van der Waals surface area contributed by atoms with E-state index < -0.39 is 0 Å². The van der Waals surface area contributed by atoms with Crippen LogP contribution in [0.2, 0.25) is 0 Å². The van der Waals surface area contributed by atoms with Crippen LogP contribution in [0, 0.1) is 6.92 Å². The highest BCUT2D eigenvalue weighted by atomic mass is 79.9. The zero-order valence-electron chi connectivity index (χ0n) is 14.3. The summed E-state index contributed by atoms with van der Waals surface area (Å²) in [6.07, 6.45) is 4.59. The molecule has 3 aromatic rings. The second kappa shape index (κ2) is 8.07. The SMILES string of the molecule is Cc1cc(N(C)CCc2ccncc2)nc(Nc2ccc(Br)cc2)n1. The van der Waals surface area contributed by atoms with Crippen molar-refractivity contribution in [1.82, 2.24) is 15.0 Å². The first-order valence-corrected chi connectivity index (χ1v) is 8.88. The van der Waals surface area contributed by atoms with E-state index in [1.54, 1.807) is 0 Å². The van der Waals surface area contributed by atoms with E-state index in [0.29, 0.717) is 5.95 Å². The standard InChI is InChI=1S/C19H20BrN5/c1-14-13-18(25(2)12-9-15-7-10-21-11-8-15)24-19(22-14)23-17-5-3-16(20)4-6-17/h3-8,10-11,13H,9,12H2,1-2H3,(H,22,23,24). The first-order chi connectivity index (χ1) is 12.1. The Morgan fingerprint density at radius 2 is 1.76 bits per heavy atom. The number of hydrogen-bond donors (Lipinski definition) is 1. The zero-order valence-corrected chi connectivity index (χ0v) is 15.9. The summed E-state index contributed by atoms with van der Waals surface area (Å²) < 4.78 is 1.04. The molecule has 2 aromatic heterocycles. The van der Waals surface area contributed by atoms with Crippen molar-refractivity contribution in [3.05, 3.63) is 70.6 Å². The van der Waals surface area contributed by atoms with Crippen LogP contribution in [-0.4, -0.2) is 28.5 Å². The van der Waals surface area contributed by atoms with E-state index >= 15 is 0 Å². The van der Waals surface area contributed by atoms with Crippen molar-refractivity contribution >= 4 is 33.4 Å². The van der Waals surface area contributed by atoms with Crippen LogP contribution in [0.15, 0.2) is 59.3 Å². The molecular weight excluding hydrogens is 378 g/mol. The van der Waals surface area contributed by atoms with Gasteiger partial charge in [-0.05, 0) is 55.3 Å². The molecule has 2 heterocycles. The quantitative estimate of drug-likeness (QED) is 0.669. The lowest BCUT2D eigenvalue weighted by molar-refractivity contribution is 0.853. The van der Waals surface area contributed by atoms with Gasteiger partial charge >= 0.3 is 0 Å². The van der Waals surface area contributed by atoms with Crippen molar-refractivity contribution < 1.29 is 0 Å². The zero-order chi connectivity index (χ0) is 17.6. The molecule has 1 aromatic carbocycles. The van der Waals surface area contributed by atoms with Gasteiger partial charge in [0.05, 0.1) is 0 Å². The minimum Gasteiger partial charge on any atom is -0.359 e. The lowest BCUT2D eigenvalue weighted by Gasteiger charge is -2.19. The summed E-state index contributed by atoms with van der Waals surface area (Å²) in [5.41, 5.74) is 3.15. The molecule has 6 heteroatoms. The summed E-state index contributed by atoms with van der Waals surface area (Å²) in [5.74, 6) is 1.51. The van der Waals surface area contributed by atoms with E-state index in [1.165, 1.54) is 5.56 Å². The highest BCUT2D eigenvalue weighted by Gasteiger charge is 2.08. The molecule has 0 fully saturated rings. The fourth-order valence-electron chi connectivity index (χ4n) is 2.43. The number of rotatable bonds is 6. The summed E-state index contributed by atoms with van der Waals surface area (Å²) in [6.45, 7) is 2.85. The van der Waals surface area contributed by atoms with Gasteiger partial charge in [0.2, 0.25) is 5.95 Å². The Balaban J connectivity index is 1.70. The van der Waals surface area contributed by atoms with Crippen molar-refractivity contribution in [1.29, 1.82) is 0 Å². The predicted octanol–water partition coefficient (Wildman–Crippen LogP) is 4.37. The van der Waals surface area contributed by atoms with Crippen LogP contribution < -0.4 is 10.2 Å². The first-order valence-electron chi connectivity index (χ1n) is 8.08. The third kappa shape index (κ3) is 5.00. The van der Waals surface area contributed by atoms with Crippen LogP contribution >= 0.6 is 15.9 Å². The molecule has 0 atom stereocenters. The van der Waals surface area contributed by atoms with Crippen molar-refractivity contribution in [2.24, 2.45) is 0 Å². The van der Waals surface area contributed by atoms with Gasteiger partial charge in [0.25, 0.3) is 0 Å². The summed E-state index contributed by atoms with van der Waals surface area (Å²) >= 11 is 3.44. The third-order valence-electron chi connectivity index (χ3n) is 3.82. The first kappa shape index (κ1) is 17.4. The van der Waals surface area contributed by atoms with Crippen molar-refractivity contribution in [2.45, 2.75) is 13.3 Å². The van der Waals surface area contributed by atoms with E-state index in [2.05, 4.69) is 41.1 Å². The van der Waals surface area contributed by atoms with Gasteiger partial charge < -0.3 is 10.2 Å². The Kier molecular flexibility index (Phi) is 5.60. The summed E-state index contributed by atoms with van der Waals surface area (Å²) in [6, 6.07) is 14.0. The average Bonchev–Trinajstić information content (AvgIpc) is 2.62. The van der Waals surface area contributed by atoms with Gasteiger partial charge in [-0.15, -0.1) is 0 Å². The third-order valence-corrected chi connectivity index (χ3v) is 4.35. The molecule has 25 heavy (non-hydrogen) atoms. The molecular formula is C19H20BrN5. The fourth-order valence-corrected chi connectivity index (χ4v) is 2.69. The maximum absolute atomic E-state index is 4.64. The summed E-state index contributed by atoms with van der Waals surface area (Å²) in [4.78, 5) is 15.3. The molecule has 0 saturated carbocycles. The van der Waals surface area contributed by atoms with Gasteiger partial charge in [-0.1, -0.05) is 15.9 Å². The number of benzene rings is 1. The van der Waals surface area contributed by atoms with Gasteiger partial charge in [0.15, 0.2) is 0 Å². The molecule has 0 saturated heterocycles. The number of halogens is 1. The van der Waals surface area contributed by atoms with E-state index in [4.69, 9.17) is 0 Å². The predicted molar refractivity (Wildman–Crippen MR) is 105 cm³/mol. The minimum absolute atomic E-state index is 0.605. The molecule has 1 N–H and O–H groups in total. The Hall–Kier alpha value is -2.47. The van der Waals surface area contributed by atoms with E-state index in [-0.39, 0.29) is 0 Å². The Morgan fingerprint density at radius 1 is 1.04 bits per heavy atom. The fraction of sp³-hybridized carbons (Fsp3) is 0.211. The highest BCUT2D eigenvalue weighted by Crippen LogP contribution is 2.20. The van der Waals surface area contributed by atoms with Crippen LogP contribution in [0.5, 0.6) is 0 Å². The summed E-state index contributed by atoms with van der Waals surface area (Å²) in [5, 5.41) is 3.26. The smallest absolute Gasteiger partial charge is 0.229 e. The number of nitrogens with zero attached hydrogens (tertiary/aromatic N) is 4. The van der Waals surface area contributed by atoms with Crippen molar-refractivity contribution in [3.8, 4) is 0 Å².